The standard InChI is InChI=1S/C8H15N3O/c1-3-11-6-4-10-8(11)12-7-5-9-2/h4,6,9H,3,5,7H2,1-2H3. The van der Waals surface area contributed by atoms with Gasteiger partial charge in [0.1, 0.15) is 6.61 Å². The topological polar surface area (TPSA) is 39.1 Å². The molecule has 12 heavy (non-hydrogen) atoms. The van der Waals surface area contributed by atoms with Crippen LogP contribution in [0, 0.1) is 0 Å². The van der Waals surface area contributed by atoms with Crippen molar-refractivity contribution >= 4 is 0 Å². The van der Waals surface area contributed by atoms with Crippen molar-refractivity contribution in [3.8, 4) is 6.01 Å². The molecule has 1 N–H and O–H groups in total. The molecule has 0 saturated heterocycles. The fourth-order valence-corrected chi connectivity index (χ4v) is 0.921. The smallest absolute Gasteiger partial charge is 0.296 e. The highest BCUT2D eigenvalue weighted by Gasteiger charge is 1.99. The highest BCUT2D eigenvalue weighted by Crippen LogP contribution is 2.05. The number of aromatic nitrogens is 2. The second kappa shape index (κ2) is 4.77. The normalized spacial score (nSPS) is 10.2. The van der Waals surface area contributed by atoms with Crippen LogP contribution in [0.2, 0.25) is 0 Å². The van der Waals surface area contributed by atoms with E-state index in [4.69, 9.17) is 4.74 Å². The molecule has 0 atom stereocenters. The number of hydrogen-bond donors (Lipinski definition) is 1. The van der Waals surface area contributed by atoms with Crippen molar-refractivity contribution in [2.45, 2.75) is 13.5 Å². The lowest BCUT2D eigenvalue weighted by Crippen LogP contribution is -2.17. The van der Waals surface area contributed by atoms with E-state index in [1.165, 1.54) is 0 Å². The molecule has 0 bridgehead atoms. The average Bonchev–Trinajstić information content (AvgIpc) is 2.52. The molecule has 0 amide bonds. The number of aryl methyl sites for hydroxylation is 1. The van der Waals surface area contributed by atoms with Crippen LogP contribution in [0.4, 0.5) is 0 Å². The number of hydrogen-bond acceptors (Lipinski definition) is 3. The molecule has 0 aliphatic heterocycles. The summed E-state index contributed by atoms with van der Waals surface area (Å²) in [4.78, 5) is 4.07. The van der Waals surface area contributed by atoms with Crippen molar-refractivity contribution in [2.75, 3.05) is 20.2 Å². The maximum Gasteiger partial charge on any atom is 0.296 e. The maximum absolute atomic E-state index is 5.40. The van der Waals surface area contributed by atoms with E-state index in [1.54, 1.807) is 6.20 Å². The van der Waals surface area contributed by atoms with E-state index in [1.807, 2.05) is 17.8 Å². The monoisotopic (exact) mass is 169 g/mol. The number of nitrogens with one attached hydrogen (secondary N) is 1. The van der Waals surface area contributed by atoms with Crippen molar-refractivity contribution in [1.29, 1.82) is 0 Å². The lowest BCUT2D eigenvalue weighted by Gasteiger charge is -2.05. The second-order valence-electron chi connectivity index (χ2n) is 2.45. The van der Waals surface area contributed by atoms with Crippen LogP contribution in [0.3, 0.4) is 0 Å². The van der Waals surface area contributed by atoms with Gasteiger partial charge in [-0.05, 0) is 14.0 Å². The molecule has 0 aliphatic carbocycles. The summed E-state index contributed by atoms with van der Waals surface area (Å²) in [5, 5.41) is 3.01. The van der Waals surface area contributed by atoms with Crippen LogP contribution in [-0.2, 0) is 6.54 Å². The van der Waals surface area contributed by atoms with Crippen LogP contribution in [-0.4, -0.2) is 29.8 Å². The molecule has 0 aromatic carbocycles. The average molecular weight is 169 g/mol. The zero-order valence-electron chi connectivity index (χ0n) is 7.58. The van der Waals surface area contributed by atoms with E-state index >= 15 is 0 Å². The van der Waals surface area contributed by atoms with Crippen molar-refractivity contribution in [3.05, 3.63) is 12.4 Å². The SMILES string of the molecule is CCn1ccnc1OCCNC. The minimum atomic E-state index is 0.660. The highest BCUT2D eigenvalue weighted by molar-refractivity contribution is 4.97. The first-order chi connectivity index (χ1) is 5.88. The molecule has 1 aromatic heterocycles. The van der Waals surface area contributed by atoms with Gasteiger partial charge in [-0.3, -0.25) is 0 Å². The molecule has 0 spiro atoms. The summed E-state index contributed by atoms with van der Waals surface area (Å²) >= 11 is 0. The fraction of sp³-hybridized carbons (Fsp3) is 0.625. The van der Waals surface area contributed by atoms with E-state index in [-0.39, 0.29) is 0 Å². The molecule has 0 radical (unpaired) electrons. The van der Waals surface area contributed by atoms with Gasteiger partial charge < -0.3 is 14.6 Å². The Morgan fingerprint density at radius 3 is 3.17 bits per heavy atom. The Balaban J connectivity index is 2.39. The van der Waals surface area contributed by atoms with Crippen LogP contribution in [0.1, 0.15) is 6.92 Å². The van der Waals surface area contributed by atoms with Crippen molar-refractivity contribution in [2.24, 2.45) is 0 Å². The predicted molar refractivity (Wildman–Crippen MR) is 47.3 cm³/mol. The van der Waals surface area contributed by atoms with E-state index in [0.717, 1.165) is 13.1 Å². The van der Waals surface area contributed by atoms with Gasteiger partial charge in [0.2, 0.25) is 0 Å². The van der Waals surface area contributed by atoms with E-state index in [0.29, 0.717) is 12.6 Å². The second-order valence-corrected chi connectivity index (χ2v) is 2.45. The molecule has 1 heterocycles. The molecular formula is C8H15N3O. The summed E-state index contributed by atoms with van der Waals surface area (Å²) in [7, 11) is 1.90. The minimum absolute atomic E-state index is 0.660. The summed E-state index contributed by atoms with van der Waals surface area (Å²) in [6.45, 7) is 4.46. The third-order valence-corrected chi connectivity index (χ3v) is 1.60. The van der Waals surface area contributed by atoms with Crippen LogP contribution < -0.4 is 10.1 Å². The highest BCUT2D eigenvalue weighted by atomic mass is 16.5. The lowest BCUT2D eigenvalue weighted by molar-refractivity contribution is 0.281. The first-order valence-electron chi connectivity index (χ1n) is 4.17. The molecule has 0 unspecified atom stereocenters. The lowest BCUT2D eigenvalue weighted by atomic mass is 10.7. The quantitative estimate of drug-likeness (QED) is 0.652. The van der Waals surface area contributed by atoms with Crippen molar-refractivity contribution in [1.82, 2.24) is 14.9 Å². The molecular weight excluding hydrogens is 154 g/mol. The molecule has 4 heteroatoms. The summed E-state index contributed by atoms with van der Waals surface area (Å²) < 4.78 is 7.37. The molecule has 4 nitrogen and oxygen atoms in total. The first kappa shape index (κ1) is 9.06. The maximum atomic E-state index is 5.40. The molecule has 0 fully saturated rings. The zero-order chi connectivity index (χ0) is 8.81. The van der Waals surface area contributed by atoms with Gasteiger partial charge in [-0.25, -0.2) is 4.98 Å². The molecule has 0 saturated carbocycles. The zero-order valence-corrected chi connectivity index (χ0v) is 7.58. The van der Waals surface area contributed by atoms with Gasteiger partial charge in [-0.15, -0.1) is 0 Å². The Bertz CT molecular complexity index is 222. The number of likely N-dealkylation sites (N-methyl/N-ethyl adjacent to an activating group) is 1. The molecule has 68 valence electrons. The van der Waals surface area contributed by atoms with E-state index in [9.17, 15) is 0 Å². The van der Waals surface area contributed by atoms with E-state index in [2.05, 4.69) is 17.2 Å². The van der Waals surface area contributed by atoms with Crippen molar-refractivity contribution < 1.29 is 4.74 Å². The van der Waals surface area contributed by atoms with Gasteiger partial charge in [0.25, 0.3) is 6.01 Å². The van der Waals surface area contributed by atoms with Gasteiger partial charge >= 0.3 is 0 Å². The number of ether oxygens (including phenoxy) is 1. The third-order valence-electron chi connectivity index (χ3n) is 1.60. The van der Waals surface area contributed by atoms with Gasteiger partial charge in [0, 0.05) is 25.5 Å². The van der Waals surface area contributed by atoms with E-state index < -0.39 is 0 Å². The Kier molecular flexibility index (Phi) is 3.60. The van der Waals surface area contributed by atoms with Gasteiger partial charge in [-0.1, -0.05) is 0 Å². The Hall–Kier alpha value is -1.03. The molecule has 1 rings (SSSR count). The summed E-state index contributed by atoms with van der Waals surface area (Å²) in [6, 6.07) is 0.702. The van der Waals surface area contributed by atoms with Crippen LogP contribution in [0.15, 0.2) is 12.4 Å². The Morgan fingerprint density at radius 1 is 1.67 bits per heavy atom. The summed E-state index contributed by atoms with van der Waals surface area (Å²) in [5.41, 5.74) is 0. The van der Waals surface area contributed by atoms with Crippen molar-refractivity contribution in [3.63, 3.8) is 0 Å². The number of nitrogens with zero attached hydrogens (tertiary/aromatic N) is 2. The van der Waals surface area contributed by atoms with Crippen LogP contribution >= 0.6 is 0 Å². The Morgan fingerprint density at radius 2 is 2.50 bits per heavy atom. The third kappa shape index (κ3) is 2.23. The van der Waals surface area contributed by atoms with Gasteiger partial charge in [-0.2, -0.15) is 0 Å². The van der Waals surface area contributed by atoms with Crippen LogP contribution in [0.5, 0.6) is 6.01 Å². The molecule has 1 aromatic rings. The largest absolute Gasteiger partial charge is 0.463 e. The Labute approximate surface area is 72.6 Å². The first-order valence-corrected chi connectivity index (χ1v) is 4.17. The van der Waals surface area contributed by atoms with Gasteiger partial charge in [0.05, 0.1) is 0 Å². The molecule has 0 aliphatic rings. The predicted octanol–water partition coefficient (Wildman–Crippen LogP) is 0.501. The summed E-state index contributed by atoms with van der Waals surface area (Å²) in [6.07, 6.45) is 3.66. The van der Waals surface area contributed by atoms with Crippen LogP contribution in [0.25, 0.3) is 0 Å². The van der Waals surface area contributed by atoms with Gasteiger partial charge in [0.15, 0.2) is 0 Å². The number of rotatable bonds is 5. The fourth-order valence-electron chi connectivity index (χ4n) is 0.921. The number of imidazole rings is 1. The summed E-state index contributed by atoms with van der Waals surface area (Å²) in [5.74, 6) is 0. The minimum Gasteiger partial charge on any atom is -0.463 e.